The van der Waals surface area contributed by atoms with E-state index in [2.05, 4.69) is 11.1 Å². The minimum Gasteiger partial charge on any atom is -0.287 e. The van der Waals surface area contributed by atoms with Crippen LogP contribution in [0.15, 0.2) is 79.1 Å². The second-order valence-electron chi connectivity index (χ2n) is 5.54. The van der Waals surface area contributed by atoms with Crippen molar-refractivity contribution in [2.45, 2.75) is 6.54 Å². The highest BCUT2D eigenvalue weighted by atomic mass is 32.1. The maximum atomic E-state index is 12.3. The van der Waals surface area contributed by atoms with E-state index in [1.807, 2.05) is 77.6 Å². The Morgan fingerprint density at radius 3 is 2.38 bits per heavy atom. The Morgan fingerprint density at radius 2 is 1.62 bits per heavy atom. The average Bonchev–Trinajstić information content (AvgIpc) is 3.07. The van der Waals surface area contributed by atoms with Gasteiger partial charge in [-0.1, -0.05) is 42.5 Å². The topological polar surface area (TPSA) is 33.8 Å². The lowest BCUT2D eigenvalue weighted by Gasteiger charge is -1.99. The molecule has 0 fully saturated rings. The first-order valence-corrected chi connectivity index (χ1v) is 8.54. The summed E-state index contributed by atoms with van der Waals surface area (Å²) in [7, 11) is 0. The summed E-state index contributed by atoms with van der Waals surface area (Å²) in [6.45, 7) is 0.337. The molecule has 2 heterocycles. The molecule has 4 rings (SSSR count). The predicted molar refractivity (Wildman–Crippen MR) is 96.0 cm³/mol. The lowest BCUT2D eigenvalue weighted by atomic mass is 10.1. The van der Waals surface area contributed by atoms with Crippen molar-refractivity contribution in [3.63, 3.8) is 0 Å². The third-order valence-corrected chi connectivity index (χ3v) is 4.94. The highest BCUT2D eigenvalue weighted by molar-refractivity contribution is 7.21. The third-order valence-electron chi connectivity index (χ3n) is 3.85. The van der Waals surface area contributed by atoms with Crippen LogP contribution in [-0.2, 0) is 6.54 Å². The summed E-state index contributed by atoms with van der Waals surface area (Å²) in [5.74, 6) is 0.105. The molecule has 0 aliphatic heterocycles. The largest absolute Gasteiger partial charge is 0.287 e. The van der Waals surface area contributed by atoms with Crippen molar-refractivity contribution >= 4 is 27.3 Å². The molecule has 0 bridgehead atoms. The molecule has 0 unspecified atom stereocenters. The number of rotatable bonds is 4. The van der Waals surface area contributed by atoms with Gasteiger partial charge in [0.05, 0.1) is 10.2 Å². The van der Waals surface area contributed by atoms with Crippen LogP contribution < -0.4 is 4.57 Å². The van der Waals surface area contributed by atoms with Crippen LogP contribution >= 0.6 is 11.3 Å². The molecule has 0 atom stereocenters. The molecule has 4 aromatic rings. The Morgan fingerprint density at radius 1 is 0.917 bits per heavy atom. The van der Waals surface area contributed by atoms with Gasteiger partial charge in [-0.2, -0.15) is 4.57 Å². The second-order valence-corrected chi connectivity index (χ2v) is 6.57. The summed E-state index contributed by atoms with van der Waals surface area (Å²) >= 11 is 1.68. The van der Waals surface area contributed by atoms with Gasteiger partial charge in [0.1, 0.15) is 5.01 Å². The van der Waals surface area contributed by atoms with Gasteiger partial charge >= 0.3 is 0 Å². The Hall–Kier alpha value is -2.85. The normalized spacial score (nSPS) is 10.8. The first-order valence-electron chi connectivity index (χ1n) is 7.73. The van der Waals surface area contributed by atoms with E-state index < -0.39 is 0 Å². The highest BCUT2D eigenvalue weighted by Gasteiger charge is 2.13. The molecule has 0 saturated carbocycles. The van der Waals surface area contributed by atoms with Crippen molar-refractivity contribution in [3.05, 3.63) is 84.7 Å². The van der Waals surface area contributed by atoms with Crippen molar-refractivity contribution < 1.29 is 9.36 Å². The number of benzene rings is 2. The lowest BCUT2D eigenvalue weighted by Crippen LogP contribution is -2.37. The molecule has 0 saturated heterocycles. The zero-order valence-electron chi connectivity index (χ0n) is 12.9. The number of hydrogen-bond donors (Lipinski definition) is 0. The van der Waals surface area contributed by atoms with E-state index in [4.69, 9.17) is 0 Å². The molecular formula is C20H15N2OS+. The van der Waals surface area contributed by atoms with Crippen molar-refractivity contribution in [1.82, 2.24) is 4.98 Å². The number of carbonyl (C=O) groups excluding carboxylic acids is 1. The number of thiazole rings is 1. The van der Waals surface area contributed by atoms with Crippen LogP contribution in [0, 0.1) is 0 Å². The van der Waals surface area contributed by atoms with Crippen LogP contribution in [-0.4, -0.2) is 10.8 Å². The van der Waals surface area contributed by atoms with Gasteiger partial charge in [0.25, 0.3) is 0 Å². The quantitative estimate of drug-likeness (QED) is 0.416. The fourth-order valence-electron chi connectivity index (χ4n) is 2.58. The van der Waals surface area contributed by atoms with E-state index in [1.54, 1.807) is 11.3 Å². The van der Waals surface area contributed by atoms with Crippen LogP contribution in [0.25, 0.3) is 20.8 Å². The smallest absolute Gasteiger partial charge is 0.227 e. The molecule has 24 heavy (non-hydrogen) atoms. The monoisotopic (exact) mass is 331 g/mol. The first-order chi connectivity index (χ1) is 11.8. The molecule has 2 aromatic carbocycles. The Labute approximate surface area is 143 Å². The molecular weight excluding hydrogens is 316 g/mol. The molecule has 0 amide bonds. The first kappa shape index (κ1) is 14.7. The van der Waals surface area contributed by atoms with Crippen molar-refractivity contribution in [1.29, 1.82) is 0 Å². The maximum absolute atomic E-state index is 12.3. The number of fused-ring (bicyclic) bond motifs is 1. The fraction of sp³-hybridized carbons (Fsp3) is 0.0500. The summed E-state index contributed by atoms with van der Waals surface area (Å²) in [4.78, 5) is 16.9. The average molecular weight is 331 g/mol. The summed E-state index contributed by atoms with van der Waals surface area (Å²) in [6.07, 6.45) is 3.87. The highest BCUT2D eigenvalue weighted by Crippen LogP contribution is 2.29. The van der Waals surface area contributed by atoms with Gasteiger partial charge in [-0.3, -0.25) is 4.79 Å². The van der Waals surface area contributed by atoms with Gasteiger partial charge in [0.15, 0.2) is 12.4 Å². The van der Waals surface area contributed by atoms with Crippen molar-refractivity contribution in [2.75, 3.05) is 0 Å². The van der Waals surface area contributed by atoms with Gasteiger partial charge in [-0.15, -0.1) is 11.3 Å². The molecule has 0 aliphatic rings. The molecule has 0 radical (unpaired) electrons. The van der Waals surface area contributed by atoms with E-state index in [0.717, 1.165) is 21.7 Å². The van der Waals surface area contributed by atoms with Crippen molar-refractivity contribution in [3.8, 4) is 10.6 Å². The van der Waals surface area contributed by atoms with E-state index in [1.165, 1.54) is 4.70 Å². The number of carbonyl (C=O) groups is 1. The summed E-state index contributed by atoms with van der Waals surface area (Å²) in [5, 5.41) is 0.998. The number of pyridine rings is 1. The number of Topliss-reactive ketones (excluding diaryl/α,β-unsaturated/α-hetero) is 1. The Kier molecular flexibility index (Phi) is 3.89. The van der Waals surface area contributed by atoms with Crippen LogP contribution in [0.5, 0.6) is 0 Å². The fourth-order valence-corrected chi connectivity index (χ4v) is 3.55. The van der Waals surface area contributed by atoms with E-state index in [9.17, 15) is 4.79 Å². The summed E-state index contributed by atoms with van der Waals surface area (Å²) in [5.41, 5.74) is 2.83. The third kappa shape index (κ3) is 2.96. The molecule has 0 aliphatic carbocycles. The van der Waals surface area contributed by atoms with Crippen LogP contribution in [0.4, 0.5) is 0 Å². The second kappa shape index (κ2) is 6.34. The number of ketones is 1. The summed E-state index contributed by atoms with van der Waals surface area (Å²) in [6, 6.07) is 21.5. The number of aromatic nitrogens is 2. The van der Waals surface area contributed by atoms with Gasteiger partial charge in [-0.05, 0) is 12.1 Å². The van der Waals surface area contributed by atoms with Gasteiger partial charge in [0.2, 0.25) is 12.3 Å². The lowest BCUT2D eigenvalue weighted by molar-refractivity contribution is -0.683. The SMILES string of the molecule is O=C(C[n+]1ccc(-c2nc3ccccc3s2)cc1)c1ccccc1. The predicted octanol–water partition coefficient (Wildman–Crippen LogP) is 4.13. The van der Waals surface area contributed by atoms with Gasteiger partial charge in [-0.25, -0.2) is 4.98 Å². The number of para-hydroxylation sites is 1. The Bertz CT molecular complexity index is 958. The van der Waals surface area contributed by atoms with E-state index in [-0.39, 0.29) is 5.78 Å². The van der Waals surface area contributed by atoms with Crippen LogP contribution in [0.2, 0.25) is 0 Å². The standard InChI is InChI=1S/C20H15N2OS/c23-18(15-6-2-1-3-7-15)14-22-12-10-16(11-13-22)20-21-17-8-4-5-9-19(17)24-20/h1-13H,14H2/q+1. The number of hydrogen-bond acceptors (Lipinski definition) is 3. The summed E-state index contributed by atoms with van der Waals surface area (Å²) < 4.78 is 3.08. The number of nitrogens with zero attached hydrogens (tertiary/aromatic N) is 2. The molecule has 3 nitrogen and oxygen atoms in total. The molecule has 0 N–H and O–H groups in total. The molecule has 0 spiro atoms. The Balaban J connectivity index is 1.55. The minimum absolute atomic E-state index is 0.105. The van der Waals surface area contributed by atoms with Gasteiger partial charge in [0, 0.05) is 23.3 Å². The van der Waals surface area contributed by atoms with Crippen molar-refractivity contribution in [2.24, 2.45) is 0 Å². The zero-order chi connectivity index (χ0) is 16.4. The minimum atomic E-state index is 0.105. The van der Waals surface area contributed by atoms with E-state index in [0.29, 0.717) is 6.54 Å². The van der Waals surface area contributed by atoms with Crippen LogP contribution in [0.1, 0.15) is 10.4 Å². The molecule has 116 valence electrons. The van der Waals surface area contributed by atoms with Crippen LogP contribution in [0.3, 0.4) is 0 Å². The maximum Gasteiger partial charge on any atom is 0.227 e. The van der Waals surface area contributed by atoms with E-state index >= 15 is 0 Å². The zero-order valence-corrected chi connectivity index (χ0v) is 13.7. The molecule has 4 heteroatoms. The van der Waals surface area contributed by atoms with Gasteiger partial charge < -0.3 is 0 Å². The molecule has 2 aromatic heterocycles.